The van der Waals surface area contributed by atoms with Crippen molar-refractivity contribution in [3.05, 3.63) is 102 Å². The third-order valence-electron chi connectivity index (χ3n) is 13.8. The number of nitrogens with one attached hydrogen (secondary N) is 10. The molecule has 0 aliphatic heterocycles. The highest BCUT2D eigenvalue weighted by Gasteiger charge is 2.36. The second kappa shape index (κ2) is 34.8. The number of aromatic nitrogens is 1. The number of aliphatic imine (C=N–C) groups is 1. The number of fused-ring (bicyclic) bond motifs is 1. The third-order valence-corrected chi connectivity index (χ3v) is 13.8. The average molecular weight is 1240 g/mol. The highest BCUT2D eigenvalue weighted by molar-refractivity contribution is 5.99. The van der Waals surface area contributed by atoms with E-state index in [4.69, 9.17) is 22.9 Å². The number of aliphatic hydroxyl groups is 1. The third kappa shape index (κ3) is 23.6. The Balaban J connectivity index is 1.44. The number of rotatable bonds is 36. The molecule has 1 aromatic heterocycles. The van der Waals surface area contributed by atoms with Crippen molar-refractivity contribution in [2.45, 2.75) is 139 Å². The minimum absolute atomic E-state index is 0.0437. The van der Waals surface area contributed by atoms with Gasteiger partial charge in [0, 0.05) is 42.9 Å². The number of para-hydroxylation sites is 1. The topological polar surface area (TPSA) is 526 Å². The molecule has 10 amide bonds. The molecular formula is C58H79N15O16. The zero-order valence-corrected chi connectivity index (χ0v) is 49.4. The molecule has 22 N–H and O–H groups in total. The lowest BCUT2D eigenvalue weighted by Crippen LogP contribution is -2.61. The van der Waals surface area contributed by atoms with Crippen LogP contribution in [0.2, 0.25) is 0 Å². The Labute approximate surface area is 511 Å². The van der Waals surface area contributed by atoms with Gasteiger partial charge < -0.3 is 96.2 Å². The number of hydrogen-bond acceptors (Lipinski definition) is 16. The molecule has 0 saturated heterocycles. The molecule has 89 heavy (non-hydrogen) atoms. The predicted molar refractivity (Wildman–Crippen MR) is 321 cm³/mol. The molecule has 3 aromatic carbocycles. The van der Waals surface area contributed by atoms with Crippen molar-refractivity contribution in [2.24, 2.45) is 33.8 Å². The number of primary amides is 1. The molecule has 0 spiro atoms. The number of hydrogen-bond donors (Lipinski definition) is 18. The first-order valence-electron chi connectivity index (χ1n) is 28.3. The van der Waals surface area contributed by atoms with Gasteiger partial charge in [0.15, 0.2) is 5.96 Å². The summed E-state index contributed by atoms with van der Waals surface area (Å²) in [5.41, 5.74) is 25.1. The number of phenols is 1. The summed E-state index contributed by atoms with van der Waals surface area (Å²) in [7, 11) is 0. The zero-order valence-electron chi connectivity index (χ0n) is 49.4. The van der Waals surface area contributed by atoms with Crippen molar-refractivity contribution in [3.63, 3.8) is 0 Å². The van der Waals surface area contributed by atoms with Gasteiger partial charge in [-0.15, -0.1) is 0 Å². The van der Waals surface area contributed by atoms with Gasteiger partial charge >= 0.3 is 11.9 Å². The van der Waals surface area contributed by atoms with Crippen LogP contribution in [0.1, 0.15) is 76.5 Å². The van der Waals surface area contributed by atoms with Gasteiger partial charge in [-0.25, -0.2) is 4.79 Å². The van der Waals surface area contributed by atoms with E-state index in [9.17, 15) is 78.0 Å². The fourth-order valence-electron chi connectivity index (χ4n) is 8.89. The Morgan fingerprint density at radius 2 is 1.02 bits per heavy atom. The average Bonchev–Trinajstić information content (AvgIpc) is 2.30. The van der Waals surface area contributed by atoms with Crippen molar-refractivity contribution in [1.82, 2.24) is 52.8 Å². The first kappa shape index (κ1) is 71.3. The summed E-state index contributed by atoms with van der Waals surface area (Å²) in [5, 5.41) is 61.6. The quantitative estimate of drug-likeness (QED) is 0.0118. The molecule has 482 valence electrons. The van der Waals surface area contributed by atoms with Crippen LogP contribution < -0.4 is 70.8 Å². The van der Waals surface area contributed by atoms with Crippen molar-refractivity contribution < 1.29 is 78.0 Å². The number of phenolic OH excluding ortho intramolecular Hbond substituents is 1. The maximum absolute atomic E-state index is 14.2. The Morgan fingerprint density at radius 1 is 0.528 bits per heavy atom. The number of guanidine groups is 1. The van der Waals surface area contributed by atoms with Crippen molar-refractivity contribution >= 4 is 87.9 Å². The van der Waals surface area contributed by atoms with Gasteiger partial charge in [0.2, 0.25) is 59.1 Å². The number of aliphatic carboxylic acids is 2. The molecule has 4 aromatic rings. The van der Waals surface area contributed by atoms with E-state index in [1.807, 2.05) is 24.3 Å². The first-order chi connectivity index (χ1) is 42.1. The molecule has 0 aliphatic rings. The predicted octanol–water partition coefficient (Wildman–Crippen LogP) is -3.84. The molecule has 31 heteroatoms. The lowest BCUT2D eigenvalue weighted by molar-refractivity contribution is -0.143. The molecule has 4 rings (SSSR count). The molecular weight excluding hydrogens is 1160 g/mol. The fraction of sp³-hybridized carbons (Fsp3) is 0.431. The maximum atomic E-state index is 14.2. The second-order valence-corrected chi connectivity index (χ2v) is 21.4. The molecule has 0 saturated carbocycles. The number of benzene rings is 3. The van der Waals surface area contributed by atoms with Crippen molar-refractivity contribution in [1.29, 1.82) is 0 Å². The first-order valence-corrected chi connectivity index (χ1v) is 28.3. The van der Waals surface area contributed by atoms with E-state index in [0.29, 0.717) is 11.1 Å². The van der Waals surface area contributed by atoms with Gasteiger partial charge in [-0.2, -0.15) is 0 Å². The summed E-state index contributed by atoms with van der Waals surface area (Å²) < 4.78 is 0. The second-order valence-electron chi connectivity index (χ2n) is 21.4. The van der Waals surface area contributed by atoms with Crippen molar-refractivity contribution in [3.8, 4) is 5.75 Å². The van der Waals surface area contributed by atoms with Crippen LogP contribution in [0, 0.1) is 5.92 Å². The molecule has 0 fully saturated rings. The van der Waals surface area contributed by atoms with Gasteiger partial charge in [-0.05, 0) is 80.3 Å². The molecule has 1 heterocycles. The smallest absolute Gasteiger partial charge is 0.326 e. The number of nitrogens with two attached hydrogens (primary N) is 4. The molecule has 0 radical (unpaired) electrons. The minimum Gasteiger partial charge on any atom is -0.508 e. The Hall–Kier alpha value is -10.2. The normalized spacial score (nSPS) is 14.4. The fourth-order valence-corrected chi connectivity index (χ4v) is 8.89. The van der Waals surface area contributed by atoms with Crippen LogP contribution in [0.5, 0.6) is 5.75 Å². The van der Waals surface area contributed by atoms with Gasteiger partial charge in [0.25, 0.3) is 0 Å². The molecule has 31 nitrogen and oxygen atoms in total. The van der Waals surface area contributed by atoms with Crippen LogP contribution in [0.25, 0.3) is 10.9 Å². The van der Waals surface area contributed by atoms with Gasteiger partial charge in [0.05, 0.1) is 19.1 Å². The Kier molecular flexibility index (Phi) is 27.9. The number of carboxylic acids is 2. The Morgan fingerprint density at radius 3 is 1.63 bits per heavy atom. The van der Waals surface area contributed by atoms with Crippen molar-refractivity contribution in [2.75, 3.05) is 13.2 Å². The summed E-state index contributed by atoms with van der Waals surface area (Å²) in [6.45, 7) is 4.47. The summed E-state index contributed by atoms with van der Waals surface area (Å²) >= 11 is 0. The number of aromatic amines is 1. The number of aliphatic hydroxyl groups excluding tert-OH is 1. The number of carbonyl (C=O) groups excluding carboxylic acids is 10. The van der Waals surface area contributed by atoms with E-state index in [1.165, 1.54) is 52.0 Å². The summed E-state index contributed by atoms with van der Waals surface area (Å²) in [5.74, 6) is -14.0. The highest BCUT2D eigenvalue weighted by atomic mass is 16.4. The number of aromatic hydroxyl groups is 1. The highest BCUT2D eigenvalue weighted by Crippen LogP contribution is 2.19. The van der Waals surface area contributed by atoms with Crippen LogP contribution in [0.3, 0.4) is 0 Å². The van der Waals surface area contributed by atoms with E-state index >= 15 is 0 Å². The molecule has 10 atom stereocenters. The minimum atomic E-state index is -1.94. The lowest BCUT2D eigenvalue weighted by atomic mass is 10.00. The van der Waals surface area contributed by atoms with Gasteiger partial charge in [-0.3, -0.25) is 57.7 Å². The maximum Gasteiger partial charge on any atom is 0.326 e. The van der Waals surface area contributed by atoms with E-state index in [2.05, 4.69) is 57.8 Å². The number of nitrogens with zero attached hydrogens (tertiary/aromatic N) is 1. The molecule has 0 bridgehead atoms. The summed E-state index contributed by atoms with van der Waals surface area (Å²) in [6.07, 6.45) is -0.378. The largest absolute Gasteiger partial charge is 0.508 e. The van der Waals surface area contributed by atoms with Crippen LogP contribution >= 0.6 is 0 Å². The molecule has 10 unspecified atom stereocenters. The number of H-pyrrole nitrogens is 1. The van der Waals surface area contributed by atoms with E-state index in [1.54, 1.807) is 36.5 Å². The zero-order chi connectivity index (χ0) is 66.1. The number of amides is 10. The Bertz CT molecular complexity index is 3170. The van der Waals surface area contributed by atoms with E-state index in [0.717, 1.165) is 16.5 Å². The van der Waals surface area contributed by atoms with Crippen LogP contribution in [0.15, 0.2) is 90.1 Å². The van der Waals surface area contributed by atoms with Crippen LogP contribution in [-0.2, 0) is 76.8 Å². The van der Waals surface area contributed by atoms with Gasteiger partial charge in [-0.1, -0.05) is 74.5 Å². The van der Waals surface area contributed by atoms with E-state index < -0.39 is 157 Å². The SMILES string of the molecule is CC(NC(=O)C(C)NC(=O)C(CCC(N)=O)NC(=O)C(CCCN=C(N)N)NC(=O)C(N)Cc1c[nH]c2ccccc12)C(=O)NC(Cc1ccccc1)C(=O)NC(C(=O)NC(CC(=O)O)C(=O)NC(CO)C(=O)NC(Cc1ccc(O)cc1)C(=O)O)C(C)C. The number of carboxylic acid groups (broad SMARTS) is 2. The monoisotopic (exact) mass is 1240 g/mol. The van der Waals surface area contributed by atoms with Gasteiger partial charge in [0.1, 0.15) is 60.1 Å². The lowest BCUT2D eigenvalue weighted by Gasteiger charge is -2.28. The molecule has 0 aliphatic carbocycles. The number of carbonyl (C=O) groups is 12. The standard InChI is InChI=1S/C58H79N15O16/c1-29(2)47(56(87)70-42(26-46(77)78)53(84)72-44(28-74)55(86)71-43(57(88)89)24-33-16-18-35(75)19-17-33)73-54(85)41(23-32-11-6-5-7-12-32)69-49(80)31(4)65-48(79)30(3)66-51(82)40(20-21-45(60)76)68-52(83)39(15-10-22-63-58(61)62)67-50(81)37(59)25-34-27-64-38-14-9-8-13-36(34)38/h5-9,11-14,16-19,27,29-31,37,39-44,47,64,74-75H,10,15,20-26,28,59H2,1-4H3,(H2,60,76)(H,65,79)(H,66,82)(H,67,81)(H,68,83)(H,69,80)(H,70,87)(H,71,86)(H,72,84)(H,73,85)(H,77,78)(H,88,89)(H4,61,62,63). The summed E-state index contributed by atoms with van der Waals surface area (Å²) in [6, 6.07) is 5.81. The van der Waals surface area contributed by atoms with Crippen LogP contribution in [0.4, 0.5) is 0 Å². The summed E-state index contributed by atoms with van der Waals surface area (Å²) in [4.78, 5) is 167. The van der Waals surface area contributed by atoms with E-state index in [-0.39, 0.29) is 56.8 Å². The van der Waals surface area contributed by atoms with Crippen LogP contribution in [-0.4, -0.2) is 176 Å².